The van der Waals surface area contributed by atoms with Crippen LogP contribution in [0.3, 0.4) is 0 Å². The first-order chi connectivity index (χ1) is 18.7. The maximum absolute atomic E-state index is 13.3. The van der Waals surface area contributed by atoms with E-state index in [4.69, 9.17) is 14.8 Å². The molecule has 2 atom stereocenters. The van der Waals surface area contributed by atoms with E-state index in [1.807, 2.05) is 19.9 Å². The van der Waals surface area contributed by atoms with E-state index >= 15 is 0 Å². The van der Waals surface area contributed by atoms with Crippen molar-refractivity contribution >= 4 is 17.6 Å². The number of hydrogen-bond donors (Lipinski definition) is 2. The number of aryl methyl sites for hydroxylation is 1. The van der Waals surface area contributed by atoms with Gasteiger partial charge in [-0.2, -0.15) is 18.3 Å². The summed E-state index contributed by atoms with van der Waals surface area (Å²) >= 11 is 0. The quantitative estimate of drug-likeness (QED) is 0.539. The predicted octanol–water partition coefficient (Wildman–Crippen LogP) is 4.77. The third kappa shape index (κ3) is 6.70. The third-order valence-corrected chi connectivity index (χ3v) is 8.05. The molecule has 1 saturated carbocycles. The van der Waals surface area contributed by atoms with E-state index in [-0.39, 0.29) is 30.6 Å². The number of alkyl carbamates (subject to hydrolysis) is 1. The van der Waals surface area contributed by atoms with E-state index in [1.54, 1.807) is 30.2 Å². The molecule has 2 fully saturated rings. The minimum Gasteiger partial charge on any atom is -0.444 e. The minimum atomic E-state index is -4.16. The molecule has 2 amide bonds. The fourth-order valence-electron chi connectivity index (χ4n) is 5.90. The lowest BCUT2D eigenvalue weighted by Gasteiger charge is -2.35. The molecule has 3 heterocycles. The first kappa shape index (κ1) is 30.1. The zero-order valence-corrected chi connectivity index (χ0v) is 23.8. The van der Waals surface area contributed by atoms with Crippen molar-refractivity contribution in [3.05, 3.63) is 28.7 Å². The van der Waals surface area contributed by atoms with Crippen LogP contribution in [0.2, 0.25) is 0 Å². The molecular weight excluding hydrogens is 527 g/mol. The lowest BCUT2D eigenvalue weighted by Crippen LogP contribution is -2.53. The second-order valence-electron chi connectivity index (χ2n) is 12.1. The number of carbonyl (C=O) groups is 2. The molecule has 0 spiro atoms. The summed E-state index contributed by atoms with van der Waals surface area (Å²) in [6, 6.07) is 0.754. The van der Waals surface area contributed by atoms with Gasteiger partial charge in [0.05, 0.1) is 23.9 Å². The Morgan fingerprint density at radius 2 is 1.80 bits per heavy atom. The van der Waals surface area contributed by atoms with Crippen molar-refractivity contribution in [1.29, 1.82) is 0 Å². The predicted molar refractivity (Wildman–Crippen MR) is 142 cm³/mol. The molecule has 2 aromatic rings. The number of carbonyl (C=O) groups excluding carboxylic acids is 2. The standard InChI is InChI=1S/C28H40F3N5O4/c1-16-17(2)32-23-13-21(18-8-10-20(11-9-18)28(29,30)31)34-36(23)24(16)19-7-6-12-35(14-19)25(38)22(15-37)33-26(39)40-27(3,4)5/h13,18-20,22,37H,6-12,14-15H2,1-5H3,(H,33,39)/t18-,19-,20-,22+/m1/s1. The monoisotopic (exact) mass is 567 g/mol. The number of halogens is 3. The van der Waals surface area contributed by atoms with Crippen LogP contribution in [-0.2, 0) is 9.53 Å². The largest absolute Gasteiger partial charge is 0.444 e. The van der Waals surface area contributed by atoms with E-state index in [2.05, 4.69) is 5.32 Å². The molecule has 0 unspecified atom stereocenters. The topological polar surface area (TPSA) is 109 Å². The van der Waals surface area contributed by atoms with Crippen LogP contribution in [0.25, 0.3) is 5.65 Å². The van der Waals surface area contributed by atoms with Gasteiger partial charge in [-0.25, -0.2) is 14.3 Å². The number of likely N-dealkylation sites (tertiary alicyclic amines) is 1. The van der Waals surface area contributed by atoms with Gasteiger partial charge in [0, 0.05) is 36.7 Å². The van der Waals surface area contributed by atoms with E-state index in [9.17, 15) is 27.9 Å². The van der Waals surface area contributed by atoms with Crippen molar-refractivity contribution in [2.75, 3.05) is 19.7 Å². The smallest absolute Gasteiger partial charge is 0.408 e. The molecule has 40 heavy (non-hydrogen) atoms. The highest BCUT2D eigenvalue weighted by Crippen LogP contribution is 2.43. The van der Waals surface area contributed by atoms with Gasteiger partial charge in [0.1, 0.15) is 11.6 Å². The Hall–Kier alpha value is -2.89. The lowest BCUT2D eigenvalue weighted by molar-refractivity contribution is -0.182. The van der Waals surface area contributed by atoms with Gasteiger partial charge in [-0.15, -0.1) is 0 Å². The van der Waals surface area contributed by atoms with E-state index in [0.717, 1.165) is 35.5 Å². The number of aliphatic hydroxyl groups is 1. The summed E-state index contributed by atoms with van der Waals surface area (Å²) in [6.45, 7) is 9.32. The summed E-state index contributed by atoms with van der Waals surface area (Å²) in [6.07, 6.45) is -2.34. The SMILES string of the molecule is Cc1nc2cc([C@H]3CC[C@H](C(F)(F)F)CC3)nn2c([C@@H]2CCCN(C(=O)[C@H](CO)NC(=O)OC(C)(C)C)C2)c1C. The van der Waals surface area contributed by atoms with Crippen molar-refractivity contribution in [3.8, 4) is 0 Å². The van der Waals surface area contributed by atoms with Crippen molar-refractivity contribution < 1.29 is 32.6 Å². The summed E-state index contributed by atoms with van der Waals surface area (Å²) < 4.78 is 46.6. The highest BCUT2D eigenvalue weighted by Gasteiger charge is 2.42. The Morgan fingerprint density at radius 1 is 1.12 bits per heavy atom. The summed E-state index contributed by atoms with van der Waals surface area (Å²) in [5.41, 5.74) is 3.37. The van der Waals surface area contributed by atoms with Crippen LogP contribution in [0.1, 0.15) is 93.8 Å². The van der Waals surface area contributed by atoms with Crippen LogP contribution in [0.15, 0.2) is 6.07 Å². The molecule has 2 N–H and O–H groups in total. The molecule has 1 saturated heterocycles. The first-order valence-electron chi connectivity index (χ1n) is 14.0. The summed E-state index contributed by atoms with van der Waals surface area (Å²) in [7, 11) is 0. The number of ether oxygens (including phenoxy) is 1. The molecule has 0 radical (unpaired) electrons. The Labute approximate surface area is 232 Å². The molecule has 2 aromatic heterocycles. The van der Waals surface area contributed by atoms with Gasteiger partial charge in [0.15, 0.2) is 5.65 Å². The minimum absolute atomic E-state index is 0.0533. The molecular formula is C28H40F3N5O4. The van der Waals surface area contributed by atoms with Crippen molar-refractivity contribution in [2.45, 2.75) is 103 Å². The number of piperidine rings is 1. The second kappa shape index (κ2) is 11.5. The number of fused-ring (bicyclic) bond motifs is 1. The number of hydrogen-bond acceptors (Lipinski definition) is 6. The van der Waals surface area contributed by atoms with E-state index in [0.29, 0.717) is 31.6 Å². The summed E-state index contributed by atoms with van der Waals surface area (Å²) in [5, 5.41) is 17.2. The highest BCUT2D eigenvalue weighted by atomic mass is 19.4. The normalized spacial score (nSPS) is 23.2. The number of amides is 2. The average molecular weight is 568 g/mol. The van der Waals surface area contributed by atoms with Crippen LogP contribution in [0.5, 0.6) is 0 Å². The zero-order chi connectivity index (χ0) is 29.4. The molecule has 9 nitrogen and oxygen atoms in total. The molecule has 1 aliphatic heterocycles. The van der Waals surface area contributed by atoms with Gasteiger partial charge in [-0.3, -0.25) is 4.79 Å². The Kier molecular flexibility index (Phi) is 8.68. The molecule has 222 valence electrons. The third-order valence-electron chi connectivity index (χ3n) is 8.05. The van der Waals surface area contributed by atoms with Crippen molar-refractivity contribution in [2.24, 2.45) is 5.92 Å². The number of nitrogens with zero attached hydrogens (tertiary/aromatic N) is 4. The zero-order valence-electron chi connectivity index (χ0n) is 23.8. The van der Waals surface area contributed by atoms with Crippen LogP contribution >= 0.6 is 0 Å². The second-order valence-corrected chi connectivity index (χ2v) is 12.1. The van der Waals surface area contributed by atoms with Crippen LogP contribution < -0.4 is 5.32 Å². The summed E-state index contributed by atoms with van der Waals surface area (Å²) in [5.74, 6) is -1.77. The lowest BCUT2D eigenvalue weighted by atomic mass is 9.80. The van der Waals surface area contributed by atoms with E-state index in [1.165, 1.54) is 0 Å². The fraction of sp³-hybridized carbons (Fsp3) is 0.714. The molecule has 2 aliphatic rings. The highest BCUT2D eigenvalue weighted by molar-refractivity contribution is 5.86. The van der Waals surface area contributed by atoms with Gasteiger partial charge < -0.3 is 20.1 Å². The number of nitrogens with one attached hydrogen (secondary N) is 1. The van der Waals surface area contributed by atoms with Crippen molar-refractivity contribution in [3.63, 3.8) is 0 Å². The van der Waals surface area contributed by atoms with Crippen LogP contribution in [0.4, 0.5) is 18.0 Å². The van der Waals surface area contributed by atoms with Gasteiger partial charge in [0.2, 0.25) is 5.91 Å². The first-order valence-corrected chi connectivity index (χ1v) is 14.0. The Morgan fingerprint density at radius 3 is 2.40 bits per heavy atom. The van der Waals surface area contributed by atoms with Crippen LogP contribution in [0, 0.1) is 19.8 Å². The number of alkyl halides is 3. The number of rotatable bonds is 5. The number of aliphatic hydroxyl groups excluding tert-OH is 1. The van der Waals surface area contributed by atoms with E-state index < -0.39 is 36.4 Å². The molecule has 12 heteroatoms. The fourth-order valence-corrected chi connectivity index (χ4v) is 5.90. The average Bonchev–Trinajstić information content (AvgIpc) is 3.29. The van der Waals surface area contributed by atoms with Gasteiger partial charge in [-0.1, -0.05) is 0 Å². The maximum Gasteiger partial charge on any atom is 0.408 e. The Bertz CT molecular complexity index is 1230. The molecule has 0 aromatic carbocycles. The van der Waals surface area contributed by atoms with Crippen molar-refractivity contribution in [1.82, 2.24) is 24.8 Å². The maximum atomic E-state index is 13.3. The van der Waals surface area contributed by atoms with Gasteiger partial charge in [0.25, 0.3) is 0 Å². The molecule has 0 bridgehead atoms. The molecule has 1 aliphatic carbocycles. The van der Waals surface area contributed by atoms with Crippen LogP contribution in [-0.4, -0.2) is 74.1 Å². The number of aromatic nitrogens is 3. The van der Waals surface area contributed by atoms with Gasteiger partial charge in [-0.05, 0) is 78.7 Å². The summed E-state index contributed by atoms with van der Waals surface area (Å²) in [4.78, 5) is 31.9. The Balaban J connectivity index is 1.54. The molecule has 4 rings (SSSR count). The van der Waals surface area contributed by atoms with Gasteiger partial charge >= 0.3 is 12.3 Å².